The zero-order valence-electron chi connectivity index (χ0n) is 15.5. The van der Waals surface area contributed by atoms with Crippen molar-refractivity contribution >= 4 is 23.2 Å². The molecule has 0 aliphatic carbocycles. The third-order valence-electron chi connectivity index (χ3n) is 4.51. The lowest BCUT2D eigenvalue weighted by molar-refractivity contribution is 0.0597. The first-order valence-corrected chi connectivity index (χ1v) is 8.82. The monoisotopic (exact) mass is 396 g/mol. The maximum absolute atomic E-state index is 12.0. The summed E-state index contributed by atoms with van der Waals surface area (Å²) in [5, 5.41) is 4.46. The second kappa shape index (κ2) is 7.01. The highest BCUT2D eigenvalue weighted by Gasteiger charge is 2.20. The summed E-state index contributed by atoms with van der Waals surface area (Å²) in [5.41, 5.74) is 4.61. The van der Waals surface area contributed by atoms with Gasteiger partial charge in [-0.2, -0.15) is 5.10 Å². The van der Waals surface area contributed by atoms with Crippen molar-refractivity contribution < 1.29 is 14.3 Å². The summed E-state index contributed by atoms with van der Waals surface area (Å²) in [6.07, 6.45) is 7.46. The molecule has 4 aromatic rings. The van der Waals surface area contributed by atoms with Crippen LogP contribution in [0.25, 0.3) is 28.0 Å². The van der Waals surface area contributed by atoms with Crippen molar-refractivity contribution in [2.24, 2.45) is 7.05 Å². The molecule has 142 valence electrons. The van der Waals surface area contributed by atoms with Gasteiger partial charge in [-0.25, -0.2) is 9.78 Å². The molecule has 0 unspecified atom stereocenters. The Morgan fingerprint density at radius 3 is 2.61 bits per heavy atom. The minimum Gasteiger partial charge on any atom is -0.496 e. The topological polar surface area (TPSA) is 70.7 Å². The third-order valence-corrected chi connectivity index (χ3v) is 4.81. The highest BCUT2D eigenvalue weighted by Crippen LogP contribution is 2.34. The summed E-state index contributed by atoms with van der Waals surface area (Å²) in [6.45, 7) is 0. The summed E-state index contributed by atoms with van der Waals surface area (Å²) in [6, 6.07) is 7.43. The van der Waals surface area contributed by atoms with Gasteiger partial charge in [0.25, 0.3) is 0 Å². The molecule has 7 nitrogen and oxygen atoms in total. The molecule has 28 heavy (non-hydrogen) atoms. The fourth-order valence-electron chi connectivity index (χ4n) is 3.13. The van der Waals surface area contributed by atoms with Crippen molar-refractivity contribution in [3.63, 3.8) is 0 Å². The van der Waals surface area contributed by atoms with E-state index >= 15 is 0 Å². The molecule has 0 radical (unpaired) electrons. The van der Waals surface area contributed by atoms with Gasteiger partial charge < -0.3 is 9.47 Å². The normalized spacial score (nSPS) is 11.0. The lowest BCUT2D eigenvalue weighted by atomic mass is 10.1. The van der Waals surface area contributed by atoms with Crippen molar-refractivity contribution in [2.45, 2.75) is 0 Å². The van der Waals surface area contributed by atoms with Crippen molar-refractivity contribution in [3.8, 4) is 28.1 Å². The van der Waals surface area contributed by atoms with Crippen LogP contribution in [0.2, 0.25) is 5.02 Å². The van der Waals surface area contributed by atoms with Crippen LogP contribution < -0.4 is 4.74 Å². The zero-order chi connectivity index (χ0) is 19.8. The number of aryl methyl sites for hydroxylation is 1. The third kappa shape index (κ3) is 2.99. The average molecular weight is 397 g/mol. The molecule has 4 rings (SSSR count). The van der Waals surface area contributed by atoms with Gasteiger partial charge in [-0.05, 0) is 29.8 Å². The van der Waals surface area contributed by atoms with Crippen molar-refractivity contribution in [1.29, 1.82) is 0 Å². The van der Waals surface area contributed by atoms with Crippen LogP contribution in [0.1, 0.15) is 10.4 Å². The summed E-state index contributed by atoms with van der Waals surface area (Å²) < 4.78 is 13.8. The fraction of sp³-hybridized carbons (Fsp3) is 0.150. The Morgan fingerprint density at radius 2 is 1.93 bits per heavy atom. The summed E-state index contributed by atoms with van der Waals surface area (Å²) in [4.78, 5) is 16.5. The number of carbonyl (C=O) groups is 1. The number of hydrogen-bond acceptors (Lipinski definition) is 5. The number of hydrogen-bond donors (Lipinski definition) is 0. The van der Waals surface area contributed by atoms with E-state index in [9.17, 15) is 4.79 Å². The van der Waals surface area contributed by atoms with Gasteiger partial charge in [0.05, 0.1) is 37.3 Å². The van der Waals surface area contributed by atoms with Gasteiger partial charge in [0.1, 0.15) is 17.0 Å². The van der Waals surface area contributed by atoms with E-state index in [0.717, 1.165) is 28.0 Å². The number of esters is 1. The Bertz CT molecular complexity index is 1200. The molecular formula is C20H17ClN4O3. The van der Waals surface area contributed by atoms with E-state index in [4.69, 9.17) is 21.1 Å². The Balaban J connectivity index is 1.81. The van der Waals surface area contributed by atoms with Crippen LogP contribution in [0.5, 0.6) is 5.75 Å². The summed E-state index contributed by atoms with van der Waals surface area (Å²) in [5.74, 6) is -0.205. The standard InChI is InChI=1S/C20H17ClN4O3/c1-24-11-14(9-23-24)12-4-5-25-16(10-22-18(25)8-12)13-6-15(21)19(20(26)28-3)17(7-13)27-2/h4-11H,1-3H3. The molecule has 0 aliphatic rings. The maximum Gasteiger partial charge on any atom is 0.343 e. The molecule has 0 atom stereocenters. The number of pyridine rings is 1. The van der Waals surface area contributed by atoms with Gasteiger partial charge in [-0.15, -0.1) is 0 Å². The molecule has 1 aromatic carbocycles. The number of benzene rings is 1. The van der Waals surface area contributed by atoms with Gasteiger partial charge in [0.15, 0.2) is 0 Å². The first-order valence-electron chi connectivity index (χ1n) is 8.44. The minimum atomic E-state index is -0.548. The number of halogens is 1. The summed E-state index contributed by atoms with van der Waals surface area (Å²) in [7, 11) is 4.66. The minimum absolute atomic E-state index is 0.197. The van der Waals surface area contributed by atoms with E-state index in [1.165, 1.54) is 14.2 Å². The Morgan fingerprint density at radius 1 is 1.11 bits per heavy atom. The highest BCUT2D eigenvalue weighted by molar-refractivity contribution is 6.34. The highest BCUT2D eigenvalue weighted by atomic mass is 35.5. The number of ether oxygens (including phenoxy) is 2. The fourth-order valence-corrected chi connectivity index (χ4v) is 3.42. The molecule has 0 fully saturated rings. The molecule has 3 heterocycles. The van der Waals surface area contributed by atoms with E-state index in [2.05, 4.69) is 10.1 Å². The van der Waals surface area contributed by atoms with Crippen LogP contribution >= 0.6 is 11.6 Å². The number of nitrogens with zero attached hydrogens (tertiary/aromatic N) is 4. The SMILES string of the molecule is COC(=O)c1c(Cl)cc(-c2cnc3cc(-c4cnn(C)c4)ccn23)cc1OC. The number of aromatic nitrogens is 4. The van der Waals surface area contributed by atoms with Crippen LogP contribution in [0.15, 0.2) is 49.1 Å². The lowest BCUT2D eigenvalue weighted by Crippen LogP contribution is -2.05. The van der Waals surface area contributed by atoms with Gasteiger partial charge in [-0.1, -0.05) is 11.6 Å². The first-order chi connectivity index (χ1) is 13.5. The van der Waals surface area contributed by atoms with Gasteiger partial charge in [0.2, 0.25) is 0 Å². The van der Waals surface area contributed by atoms with Crippen LogP contribution in [0, 0.1) is 0 Å². The van der Waals surface area contributed by atoms with E-state index < -0.39 is 5.97 Å². The molecule has 0 saturated heterocycles. The van der Waals surface area contributed by atoms with Crippen molar-refractivity contribution in [2.75, 3.05) is 14.2 Å². The number of methoxy groups -OCH3 is 2. The van der Waals surface area contributed by atoms with Crippen molar-refractivity contribution in [1.82, 2.24) is 19.2 Å². The van der Waals surface area contributed by atoms with E-state index in [0.29, 0.717) is 5.75 Å². The lowest BCUT2D eigenvalue weighted by Gasteiger charge is -2.11. The molecule has 0 amide bonds. The second-order valence-corrected chi connectivity index (χ2v) is 6.62. The van der Waals surface area contributed by atoms with Gasteiger partial charge >= 0.3 is 5.97 Å². The maximum atomic E-state index is 12.0. The van der Waals surface area contributed by atoms with E-state index in [1.807, 2.05) is 42.2 Å². The van der Waals surface area contributed by atoms with Crippen molar-refractivity contribution in [3.05, 3.63) is 59.6 Å². The number of imidazole rings is 1. The van der Waals surface area contributed by atoms with Crippen LogP contribution in [-0.4, -0.2) is 39.4 Å². The predicted octanol–water partition coefficient (Wildman–Crippen LogP) is 3.85. The van der Waals surface area contributed by atoms with Gasteiger partial charge in [-0.3, -0.25) is 9.08 Å². The van der Waals surface area contributed by atoms with Crippen LogP contribution in [0.3, 0.4) is 0 Å². The van der Waals surface area contributed by atoms with Crippen LogP contribution in [0.4, 0.5) is 0 Å². The van der Waals surface area contributed by atoms with Gasteiger partial charge in [0, 0.05) is 30.6 Å². The molecule has 0 bridgehead atoms. The smallest absolute Gasteiger partial charge is 0.343 e. The number of carbonyl (C=O) groups excluding carboxylic acids is 1. The molecule has 0 saturated carbocycles. The van der Waals surface area contributed by atoms with E-state index in [1.54, 1.807) is 23.0 Å². The van der Waals surface area contributed by atoms with E-state index in [-0.39, 0.29) is 10.6 Å². The molecule has 0 spiro atoms. The number of rotatable bonds is 4. The Labute approximate surface area is 166 Å². The number of fused-ring (bicyclic) bond motifs is 1. The molecular weight excluding hydrogens is 380 g/mol. The average Bonchev–Trinajstić information content (AvgIpc) is 3.32. The first kappa shape index (κ1) is 18.1. The Kier molecular flexibility index (Phi) is 4.52. The molecule has 0 N–H and O–H groups in total. The largest absolute Gasteiger partial charge is 0.496 e. The van der Waals surface area contributed by atoms with Crippen LogP contribution in [-0.2, 0) is 11.8 Å². The quantitative estimate of drug-likeness (QED) is 0.490. The molecule has 0 aliphatic heterocycles. The predicted molar refractivity (Wildman–Crippen MR) is 106 cm³/mol. The second-order valence-electron chi connectivity index (χ2n) is 6.22. The summed E-state index contributed by atoms with van der Waals surface area (Å²) >= 11 is 6.34. The molecule has 3 aromatic heterocycles. The molecule has 8 heteroatoms. The zero-order valence-corrected chi connectivity index (χ0v) is 16.3. The Hall–Kier alpha value is -3.32.